The van der Waals surface area contributed by atoms with Gasteiger partial charge in [-0.3, -0.25) is 0 Å². The molecule has 2 heterocycles. The number of rotatable bonds is 3. The van der Waals surface area contributed by atoms with Crippen molar-refractivity contribution in [1.29, 1.82) is 0 Å². The van der Waals surface area contributed by atoms with Gasteiger partial charge >= 0.3 is 0 Å². The van der Waals surface area contributed by atoms with Gasteiger partial charge in [-0.05, 0) is 16.8 Å². The highest BCUT2D eigenvalue weighted by Crippen LogP contribution is 2.13. The molecule has 0 N–H and O–H groups in total. The quantitative estimate of drug-likeness (QED) is 0.687. The second kappa shape index (κ2) is 5.16. The predicted octanol–water partition coefficient (Wildman–Crippen LogP) is 2.46. The van der Waals surface area contributed by atoms with Crippen molar-refractivity contribution in [2.45, 2.75) is 5.88 Å². The van der Waals surface area contributed by atoms with Gasteiger partial charge in [0.25, 0.3) is 0 Å². The van der Waals surface area contributed by atoms with E-state index in [1.165, 1.54) is 4.80 Å². The maximum Gasteiger partial charge on any atom is 0.205 e. The van der Waals surface area contributed by atoms with Crippen LogP contribution in [0.1, 0.15) is 5.56 Å². The zero-order valence-electron chi connectivity index (χ0n) is 9.94. The molecule has 0 fully saturated rings. The molecule has 0 aliphatic carbocycles. The van der Waals surface area contributed by atoms with Gasteiger partial charge in [0.1, 0.15) is 0 Å². The van der Waals surface area contributed by atoms with Crippen LogP contribution in [0.2, 0.25) is 0 Å². The molecule has 0 atom stereocenters. The number of hydrogen-bond acceptors (Lipinski definition) is 4. The third-order valence-corrected chi connectivity index (χ3v) is 2.92. The lowest BCUT2D eigenvalue weighted by Gasteiger charge is -1.98. The van der Waals surface area contributed by atoms with E-state index in [1.54, 1.807) is 6.20 Å². The van der Waals surface area contributed by atoms with Crippen LogP contribution in [0.4, 0.5) is 0 Å². The number of alkyl halides is 1. The summed E-state index contributed by atoms with van der Waals surface area (Å²) >= 11 is 5.72. The zero-order valence-corrected chi connectivity index (χ0v) is 10.7. The normalized spacial score (nSPS) is 10.6. The average Bonchev–Trinajstić information content (AvgIpc) is 2.98. The van der Waals surface area contributed by atoms with E-state index in [-0.39, 0.29) is 0 Å². The van der Waals surface area contributed by atoms with Crippen molar-refractivity contribution < 1.29 is 0 Å². The molecule has 0 amide bonds. The van der Waals surface area contributed by atoms with E-state index in [1.807, 2.05) is 42.5 Å². The number of nitrogens with zero attached hydrogens (tertiary/aromatic N) is 5. The molecule has 2 aromatic heterocycles. The molecule has 94 valence electrons. The Bertz CT molecular complexity index is 663. The Balaban J connectivity index is 1.92. The summed E-state index contributed by atoms with van der Waals surface area (Å²) < 4.78 is 0. The number of halogens is 1. The highest BCUT2D eigenvalue weighted by atomic mass is 35.5. The molecular weight excluding hydrogens is 262 g/mol. The van der Waals surface area contributed by atoms with E-state index in [0.29, 0.717) is 17.5 Å². The van der Waals surface area contributed by atoms with Crippen LogP contribution >= 0.6 is 11.6 Å². The predicted molar refractivity (Wildman–Crippen MR) is 71.9 cm³/mol. The molecule has 3 rings (SSSR count). The van der Waals surface area contributed by atoms with Crippen molar-refractivity contribution >= 4 is 11.6 Å². The summed E-state index contributed by atoms with van der Waals surface area (Å²) in [5.41, 5.74) is 1.87. The minimum Gasteiger partial charge on any atom is -0.235 e. The first-order valence-corrected chi connectivity index (χ1v) is 6.27. The lowest BCUT2D eigenvalue weighted by atomic mass is 10.2. The fourth-order valence-corrected chi connectivity index (χ4v) is 1.79. The molecule has 0 bridgehead atoms. The zero-order chi connectivity index (χ0) is 13.1. The first-order chi connectivity index (χ1) is 9.36. The minimum atomic E-state index is 0.438. The number of aromatic nitrogens is 5. The smallest absolute Gasteiger partial charge is 0.205 e. The standard InChI is InChI=1S/C13H10ClN5/c14-8-10-6-7-12(15-9-10)19-17-13(16-18-19)11-4-2-1-3-5-11/h1-7,9H,8H2. The van der Waals surface area contributed by atoms with Gasteiger partial charge in [0.05, 0.1) is 0 Å². The van der Waals surface area contributed by atoms with Crippen LogP contribution in [0.15, 0.2) is 48.7 Å². The van der Waals surface area contributed by atoms with Crippen LogP contribution in [0.25, 0.3) is 17.2 Å². The van der Waals surface area contributed by atoms with Crippen LogP contribution in [0.5, 0.6) is 0 Å². The maximum absolute atomic E-state index is 5.72. The lowest BCUT2D eigenvalue weighted by molar-refractivity contribution is 0.700. The van der Waals surface area contributed by atoms with E-state index in [4.69, 9.17) is 11.6 Å². The Kier molecular flexibility index (Phi) is 3.20. The van der Waals surface area contributed by atoms with E-state index in [0.717, 1.165) is 11.1 Å². The fraction of sp³-hybridized carbons (Fsp3) is 0.0769. The van der Waals surface area contributed by atoms with Crippen molar-refractivity contribution in [2.24, 2.45) is 0 Å². The van der Waals surface area contributed by atoms with Crippen molar-refractivity contribution in [3.63, 3.8) is 0 Å². The molecule has 0 aliphatic rings. The van der Waals surface area contributed by atoms with Gasteiger partial charge in [0.15, 0.2) is 5.82 Å². The molecule has 3 aromatic rings. The highest BCUT2D eigenvalue weighted by molar-refractivity contribution is 6.17. The summed E-state index contributed by atoms with van der Waals surface area (Å²) in [4.78, 5) is 5.64. The monoisotopic (exact) mass is 271 g/mol. The van der Waals surface area contributed by atoms with Gasteiger partial charge in [-0.15, -0.1) is 26.6 Å². The second-order valence-corrected chi connectivity index (χ2v) is 4.19. The SMILES string of the molecule is ClCc1ccc(-n2nnc(-c3ccccc3)n2)nc1. The van der Waals surface area contributed by atoms with Crippen molar-refractivity contribution in [3.05, 3.63) is 54.2 Å². The van der Waals surface area contributed by atoms with Gasteiger partial charge in [-0.2, -0.15) is 0 Å². The Morgan fingerprint density at radius 3 is 2.58 bits per heavy atom. The third-order valence-electron chi connectivity index (χ3n) is 2.61. The molecule has 19 heavy (non-hydrogen) atoms. The summed E-state index contributed by atoms with van der Waals surface area (Å²) in [5.74, 6) is 1.63. The summed E-state index contributed by atoms with van der Waals surface area (Å²) in [6.07, 6.45) is 1.70. The Hall–Kier alpha value is -2.27. The van der Waals surface area contributed by atoms with Gasteiger partial charge in [0.2, 0.25) is 5.82 Å². The third kappa shape index (κ3) is 2.46. The van der Waals surface area contributed by atoms with Crippen molar-refractivity contribution in [2.75, 3.05) is 0 Å². The molecule has 0 unspecified atom stereocenters. The number of hydrogen-bond donors (Lipinski definition) is 0. The summed E-state index contributed by atoms with van der Waals surface area (Å²) in [6.45, 7) is 0. The summed E-state index contributed by atoms with van der Waals surface area (Å²) in [6, 6.07) is 13.4. The van der Waals surface area contributed by atoms with Crippen LogP contribution in [0.3, 0.4) is 0 Å². The largest absolute Gasteiger partial charge is 0.235 e. The molecule has 1 aromatic carbocycles. The number of benzene rings is 1. The molecule has 0 saturated carbocycles. The molecule has 0 saturated heterocycles. The van der Waals surface area contributed by atoms with Crippen LogP contribution < -0.4 is 0 Å². The number of pyridine rings is 1. The minimum absolute atomic E-state index is 0.438. The van der Waals surface area contributed by atoms with Crippen LogP contribution in [-0.4, -0.2) is 25.2 Å². The molecular formula is C13H10ClN5. The van der Waals surface area contributed by atoms with E-state index >= 15 is 0 Å². The van der Waals surface area contributed by atoms with Gasteiger partial charge in [-0.1, -0.05) is 36.4 Å². The second-order valence-electron chi connectivity index (χ2n) is 3.93. The first-order valence-electron chi connectivity index (χ1n) is 5.73. The molecule has 0 aliphatic heterocycles. The first kappa shape index (κ1) is 11.8. The lowest BCUT2D eigenvalue weighted by Crippen LogP contribution is -2.01. The van der Waals surface area contributed by atoms with Crippen LogP contribution in [-0.2, 0) is 5.88 Å². The molecule has 0 radical (unpaired) electrons. The average molecular weight is 272 g/mol. The van der Waals surface area contributed by atoms with Crippen LogP contribution in [0, 0.1) is 0 Å². The van der Waals surface area contributed by atoms with Gasteiger partial charge < -0.3 is 0 Å². The van der Waals surface area contributed by atoms with Crippen molar-refractivity contribution in [3.8, 4) is 17.2 Å². The van der Waals surface area contributed by atoms with Crippen molar-refractivity contribution in [1.82, 2.24) is 25.2 Å². The van der Waals surface area contributed by atoms with E-state index in [9.17, 15) is 0 Å². The van der Waals surface area contributed by atoms with E-state index < -0.39 is 0 Å². The van der Waals surface area contributed by atoms with E-state index in [2.05, 4.69) is 20.4 Å². The van der Waals surface area contributed by atoms with Gasteiger partial charge in [0, 0.05) is 17.6 Å². The Morgan fingerprint density at radius 2 is 1.89 bits per heavy atom. The topological polar surface area (TPSA) is 56.5 Å². The number of tetrazole rings is 1. The molecule has 5 nitrogen and oxygen atoms in total. The molecule has 6 heteroatoms. The fourth-order valence-electron chi connectivity index (χ4n) is 1.63. The highest BCUT2D eigenvalue weighted by Gasteiger charge is 2.07. The summed E-state index contributed by atoms with van der Waals surface area (Å²) in [5, 5.41) is 12.3. The Labute approximate surface area is 114 Å². The Morgan fingerprint density at radius 1 is 1.05 bits per heavy atom. The van der Waals surface area contributed by atoms with Gasteiger partial charge in [-0.25, -0.2) is 4.98 Å². The molecule has 0 spiro atoms. The summed E-state index contributed by atoms with van der Waals surface area (Å²) in [7, 11) is 0. The maximum atomic E-state index is 5.72.